The highest BCUT2D eigenvalue weighted by Gasteiger charge is 2.33. The van der Waals surface area contributed by atoms with Crippen LogP contribution in [0.15, 0.2) is 41.3 Å². The molecule has 0 fully saturated rings. The lowest BCUT2D eigenvalue weighted by atomic mass is 10.1. The number of ether oxygens (including phenoxy) is 5. The Morgan fingerprint density at radius 1 is 0.927 bits per heavy atom. The summed E-state index contributed by atoms with van der Waals surface area (Å²) in [5, 5.41) is 3.10. The minimum atomic E-state index is -4.37. The zero-order valence-electron chi connectivity index (χ0n) is 23.4. The maximum atomic E-state index is 14.1. The van der Waals surface area contributed by atoms with Crippen molar-refractivity contribution >= 4 is 43.9 Å². The van der Waals surface area contributed by atoms with Gasteiger partial charge in [0.05, 0.1) is 51.2 Å². The average molecular weight is 605 g/mol. The Morgan fingerprint density at radius 3 is 2.29 bits per heavy atom. The van der Waals surface area contributed by atoms with Crippen molar-refractivity contribution < 1.29 is 41.7 Å². The van der Waals surface area contributed by atoms with Crippen LogP contribution in [0.2, 0.25) is 0 Å². The van der Waals surface area contributed by atoms with E-state index < -0.39 is 28.4 Å². The van der Waals surface area contributed by atoms with E-state index in [2.05, 4.69) is 5.32 Å². The molecule has 0 spiro atoms. The minimum absolute atomic E-state index is 0.0797. The summed E-state index contributed by atoms with van der Waals surface area (Å²) in [4.78, 5) is 27.2. The lowest BCUT2D eigenvalue weighted by Crippen LogP contribution is -2.38. The number of fused-ring (bicyclic) bond motifs is 1. The molecule has 220 valence electrons. The second-order valence-corrected chi connectivity index (χ2v) is 11.9. The van der Waals surface area contributed by atoms with Gasteiger partial charge in [0.15, 0.2) is 11.5 Å². The molecule has 0 radical (unpaired) electrons. The van der Waals surface area contributed by atoms with Gasteiger partial charge in [0, 0.05) is 17.0 Å². The first-order valence-electron chi connectivity index (χ1n) is 12.8. The van der Waals surface area contributed by atoms with Crippen molar-refractivity contribution in [3.05, 3.63) is 52.4 Å². The highest BCUT2D eigenvalue weighted by Crippen LogP contribution is 2.41. The molecule has 41 heavy (non-hydrogen) atoms. The van der Waals surface area contributed by atoms with E-state index in [4.69, 9.17) is 23.7 Å². The van der Waals surface area contributed by atoms with E-state index >= 15 is 0 Å². The average Bonchev–Trinajstić information content (AvgIpc) is 3.56. The highest BCUT2D eigenvalue weighted by molar-refractivity contribution is 7.92. The number of amides is 1. The second kappa shape index (κ2) is 12.7. The number of carbonyl (C=O) groups is 2. The fourth-order valence-corrected chi connectivity index (χ4v) is 7.34. The number of carbonyl (C=O) groups excluding carboxylic acids is 2. The zero-order chi connectivity index (χ0) is 29.7. The van der Waals surface area contributed by atoms with E-state index in [0.29, 0.717) is 28.5 Å². The first-order chi connectivity index (χ1) is 19.7. The molecular formula is C28H32N2O9S2. The van der Waals surface area contributed by atoms with Crippen molar-refractivity contribution in [1.29, 1.82) is 0 Å². The van der Waals surface area contributed by atoms with Gasteiger partial charge in [0.1, 0.15) is 23.0 Å². The van der Waals surface area contributed by atoms with Crippen LogP contribution in [0.25, 0.3) is 0 Å². The molecule has 13 heteroatoms. The molecule has 0 atom stereocenters. The summed E-state index contributed by atoms with van der Waals surface area (Å²) >= 11 is 1.30. The van der Waals surface area contributed by atoms with Crippen LogP contribution in [0.1, 0.15) is 34.1 Å². The van der Waals surface area contributed by atoms with Crippen molar-refractivity contribution in [3.63, 3.8) is 0 Å². The molecule has 1 N–H and O–H groups in total. The number of nitrogens with zero attached hydrogens (tertiary/aromatic N) is 1. The monoisotopic (exact) mass is 604 g/mol. The van der Waals surface area contributed by atoms with Crippen LogP contribution >= 0.6 is 11.3 Å². The Kier molecular flexibility index (Phi) is 9.28. The fourth-order valence-electron chi connectivity index (χ4n) is 4.60. The molecule has 0 saturated heterocycles. The molecule has 0 unspecified atom stereocenters. The van der Waals surface area contributed by atoms with Gasteiger partial charge in [-0.3, -0.25) is 9.10 Å². The number of thiophene rings is 1. The molecule has 2 aromatic carbocycles. The second-order valence-electron chi connectivity index (χ2n) is 8.90. The number of nitrogens with one attached hydrogen (secondary N) is 1. The largest absolute Gasteiger partial charge is 0.497 e. The normalized spacial score (nSPS) is 12.3. The summed E-state index contributed by atoms with van der Waals surface area (Å²) in [5.74, 6) is -0.0939. The molecule has 0 bridgehead atoms. The third kappa shape index (κ3) is 6.05. The molecule has 0 saturated carbocycles. The van der Waals surface area contributed by atoms with Gasteiger partial charge in [-0.1, -0.05) is 0 Å². The van der Waals surface area contributed by atoms with Crippen LogP contribution in [-0.4, -0.2) is 61.9 Å². The lowest BCUT2D eigenvalue weighted by molar-refractivity contribution is -0.114. The maximum Gasteiger partial charge on any atom is 0.341 e. The third-order valence-corrected chi connectivity index (χ3v) is 9.50. The maximum absolute atomic E-state index is 14.1. The Labute approximate surface area is 243 Å². The summed E-state index contributed by atoms with van der Waals surface area (Å²) < 4.78 is 55.7. The number of aryl methyl sites for hydroxylation is 1. The Hall–Kier alpha value is -3.97. The molecule has 1 heterocycles. The van der Waals surface area contributed by atoms with Crippen LogP contribution in [0.5, 0.6) is 23.0 Å². The van der Waals surface area contributed by atoms with Gasteiger partial charge < -0.3 is 29.0 Å². The Balaban J connectivity index is 1.77. The van der Waals surface area contributed by atoms with Gasteiger partial charge in [0.25, 0.3) is 10.0 Å². The Bertz CT molecular complexity index is 1550. The molecule has 1 amide bonds. The SMILES string of the molecule is CCOC(=O)c1c(NC(=O)CN(c2cc(OC)ccc2OC)S(=O)(=O)c2ccc(OC)c(OC)c2)sc2c1CCC2. The molecule has 3 aromatic rings. The van der Waals surface area contributed by atoms with Gasteiger partial charge in [-0.25, -0.2) is 13.2 Å². The van der Waals surface area contributed by atoms with E-state index in [0.717, 1.165) is 27.6 Å². The van der Waals surface area contributed by atoms with Crippen LogP contribution in [-0.2, 0) is 32.4 Å². The zero-order valence-corrected chi connectivity index (χ0v) is 25.1. The topological polar surface area (TPSA) is 130 Å². The predicted molar refractivity (Wildman–Crippen MR) is 155 cm³/mol. The molecule has 0 aliphatic heterocycles. The lowest BCUT2D eigenvalue weighted by Gasteiger charge is -2.26. The number of hydrogen-bond donors (Lipinski definition) is 1. The fraction of sp³-hybridized carbons (Fsp3) is 0.357. The minimum Gasteiger partial charge on any atom is -0.497 e. The van der Waals surface area contributed by atoms with Crippen molar-refractivity contribution in [2.45, 2.75) is 31.1 Å². The summed E-state index contributed by atoms with van der Waals surface area (Å²) in [7, 11) is 1.29. The standard InChI is InChI=1S/C28H32N2O9S2/c1-6-39-28(32)26-19-8-7-9-24(19)40-27(26)29-25(31)16-30(20-14-17(35-2)10-12-21(20)36-3)41(33,34)18-11-13-22(37-4)23(15-18)38-5/h10-15H,6-9,16H2,1-5H3,(H,29,31). The van der Waals surface area contributed by atoms with E-state index in [9.17, 15) is 18.0 Å². The molecule has 1 aromatic heterocycles. The first kappa shape index (κ1) is 30.0. The van der Waals surface area contributed by atoms with Crippen molar-refractivity contribution in [3.8, 4) is 23.0 Å². The summed E-state index contributed by atoms with van der Waals surface area (Å²) in [6, 6.07) is 8.76. The smallest absolute Gasteiger partial charge is 0.341 e. The van der Waals surface area contributed by atoms with E-state index in [1.54, 1.807) is 19.1 Å². The van der Waals surface area contributed by atoms with Crippen LogP contribution in [0.3, 0.4) is 0 Å². The van der Waals surface area contributed by atoms with E-state index in [1.807, 2.05) is 0 Å². The number of esters is 1. The summed E-state index contributed by atoms with van der Waals surface area (Å²) in [6.07, 6.45) is 2.41. The van der Waals surface area contributed by atoms with Gasteiger partial charge in [-0.15, -0.1) is 11.3 Å². The summed E-state index contributed by atoms with van der Waals surface area (Å²) in [5.41, 5.74) is 1.27. The number of hydrogen-bond acceptors (Lipinski definition) is 10. The third-order valence-electron chi connectivity index (χ3n) is 6.54. The first-order valence-corrected chi connectivity index (χ1v) is 15.0. The molecule has 1 aliphatic carbocycles. The van der Waals surface area contributed by atoms with Gasteiger partial charge >= 0.3 is 5.97 Å². The van der Waals surface area contributed by atoms with Gasteiger partial charge in [0.2, 0.25) is 5.91 Å². The van der Waals surface area contributed by atoms with Crippen LogP contribution in [0, 0.1) is 0 Å². The quantitative estimate of drug-likeness (QED) is 0.301. The van der Waals surface area contributed by atoms with E-state index in [-0.39, 0.29) is 28.7 Å². The van der Waals surface area contributed by atoms with Crippen LogP contribution < -0.4 is 28.6 Å². The van der Waals surface area contributed by atoms with Crippen molar-refractivity contribution in [1.82, 2.24) is 0 Å². The Morgan fingerprint density at radius 2 is 1.63 bits per heavy atom. The molecule has 1 aliphatic rings. The van der Waals surface area contributed by atoms with Gasteiger partial charge in [-0.05, 0) is 56.0 Å². The molecule has 4 rings (SSSR count). The molecule has 11 nitrogen and oxygen atoms in total. The van der Waals surface area contributed by atoms with E-state index in [1.165, 1.54) is 64.0 Å². The van der Waals surface area contributed by atoms with Crippen molar-refractivity contribution in [2.75, 3.05) is 51.2 Å². The van der Waals surface area contributed by atoms with Crippen LogP contribution in [0.4, 0.5) is 10.7 Å². The number of rotatable bonds is 12. The summed E-state index contributed by atoms with van der Waals surface area (Å²) in [6.45, 7) is 1.26. The molecular weight excluding hydrogens is 572 g/mol. The number of anilines is 2. The number of methoxy groups -OCH3 is 4. The number of sulfonamides is 1. The highest BCUT2D eigenvalue weighted by atomic mass is 32.2. The predicted octanol–water partition coefficient (Wildman–Crippen LogP) is 4.28. The van der Waals surface area contributed by atoms with Gasteiger partial charge in [-0.2, -0.15) is 0 Å². The number of benzene rings is 2. The van der Waals surface area contributed by atoms with Crippen molar-refractivity contribution in [2.24, 2.45) is 0 Å².